The largest absolute Gasteiger partial charge is 0.288 e. The average molecular weight is 318 g/mol. The first-order valence-electron chi connectivity index (χ1n) is 3.95. The van der Waals surface area contributed by atoms with Crippen LogP contribution < -0.4 is 0 Å². The lowest BCUT2D eigenvalue weighted by Gasteiger charge is -2.05. The Labute approximate surface area is 111 Å². The van der Waals surface area contributed by atoms with Crippen molar-refractivity contribution in [3.63, 3.8) is 0 Å². The van der Waals surface area contributed by atoms with Gasteiger partial charge in [0.2, 0.25) is 0 Å². The third-order valence-electron chi connectivity index (χ3n) is 1.68. The molecule has 0 aliphatic rings. The monoisotopic (exact) mass is 317 g/mol. The lowest BCUT2D eigenvalue weighted by Crippen LogP contribution is -2.03. The lowest BCUT2D eigenvalue weighted by atomic mass is 10.2. The average Bonchev–Trinajstić information content (AvgIpc) is 2.14. The van der Waals surface area contributed by atoms with E-state index in [1.165, 1.54) is 0 Å². The van der Waals surface area contributed by atoms with Crippen LogP contribution in [0.4, 0.5) is 5.69 Å². The molecule has 6 nitrogen and oxygen atoms in total. The molecule has 0 aliphatic carbocycles. The van der Waals surface area contributed by atoms with E-state index in [0.717, 1.165) is 12.1 Å². The minimum atomic E-state index is -3.81. The Kier molecular flexibility index (Phi) is 4.64. The van der Waals surface area contributed by atoms with E-state index in [9.17, 15) is 14.3 Å². The molecule has 0 saturated heterocycles. The second-order valence-electron chi connectivity index (χ2n) is 2.84. The highest BCUT2D eigenvalue weighted by Crippen LogP contribution is 2.31. The van der Waals surface area contributed by atoms with Gasteiger partial charge in [-0.1, -0.05) is 23.2 Å². The summed E-state index contributed by atoms with van der Waals surface area (Å²) in [5, 5.41) is 10.5. The van der Waals surface area contributed by atoms with Crippen LogP contribution in [0, 0.1) is 10.1 Å². The summed E-state index contributed by atoms with van der Waals surface area (Å²) in [5.41, 5.74) is -0.224. The van der Waals surface area contributed by atoms with E-state index >= 15 is 0 Å². The van der Waals surface area contributed by atoms with Gasteiger partial charge in [-0.3, -0.25) is 18.9 Å². The molecule has 10 heteroatoms. The molecule has 1 rings (SSSR count). The Morgan fingerprint density at radius 3 is 2.53 bits per heavy atom. The number of hydrogen-bond donors (Lipinski definition) is 1. The van der Waals surface area contributed by atoms with E-state index in [2.05, 4.69) is 15.4 Å². The molecule has 0 spiro atoms. The van der Waals surface area contributed by atoms with Crippen molar-refractivity contribution in [3.8, 4) is 0 Å². The van der Waals surface area contributed by atoms with Crippen molar-refractivity contribution >= 4 is 49.1 Å². The number of nitrogens with zero attached hydrogens (tertiary/aromatic N) is 1. The number of halogens is 2. The number of hydrogen-bond acceptors (Lipinski definition) is 5. The van der Waals surface area contributed by atoms with E-state index < -0.39 is 20.6 Å². The molecule has 1 aromatic rings. The van der Waals surface area contributed by atoms with Crippen molar-refractivity contribution in [2.75, 3.05) is 0 Å². The molecule has 94 valence electrons. The predicted molar refractivity (Wildman–Crippen MR) is 66.0 cm³/mol. The SMILES string of the molecule is O=[N+]([O-])c1cc(COS(=O)(O)=S)c(Cl)cc1Cl. The molecule has 1 aromatic carbocycles. The maximum absolute atomic E-state index is 10.7. The Balaban J connectivity index is 3.08. The van der Waals surface area contributed by atoms with Crippen LogP contribution in [0.15, 0.2) is 12.1 Å². The van der Waals surface area contributed by atoms with Gasteiger partial charge in [-0.25, -0.2) is 0 Å². The number of rotatable bonds is 4. The minimum absolute atomic E-state index is 0.0826. The van der Waals surface area contributed by atoms with Crippen LogP contribution in [0.2, 0.25) is 10.0 Å². The van der Waals surface area contributed by atoms with Gasteiger partial charge in [-0.2, -0.15) is 4.21 Å². The first kappa shape index (κ1) is 14.6. The smallest absolute Gasteiger partial charge is 0.285 e. The lowest BCUT2D eigenvalue weighted by molar-refractivity contribution is -0.384. The van der Waals surface area contributed by atoms with Gasteiger partial charge in [0.25, 0.3) is 14.7 Å². The number of nitro benzene ring substituents is 1. The van der Waals surface area contributed by atoms with Crippen LogP contribution >= 0.6 is 23.2 Å². The molecule has 0 amide bonds. The minimum Gasteiger partial charge on any atom is -0.285 e. The zero-order chi connectivity index (χ0) is 13.2. The third-order valence-corrected chi connectivity index (χ3v) is 3.03. The van der Waals surface area contributed by atoms with Crippen molar-refractivity contribution in [1.82, 2.24) is 0 Å². The molecule has 0 saturated carbocycles. The van der Waals surface area contributed by atoms with E-state index in [4.69, 9.17) is 27.8 Å². The summed E-state index contributed by atoms with van der Waals surface area (Å²) < 4.78 is 23.8. The fraction of sp³-hybridized carbons (Fsp3) is 0.143. The second-order valence-corrected chi connectivity index (χ2v) is 6.01. The van der Waals surface area contributed by atoms with Crippen LogP contribution in [-0.2, 0) is 31.0 Å². The second kappa shape index (κ2) is 5.42. The van der Waals surface area contributed by atoms with Gasteiger partial charge in [-0.05, 0) is 6.07 Å². The summed E-state index contributed by atoms with van der Waals surface area (Å²) in [6, 6.07) is 2.22. The Bertz CT molecular complexity index is 560. The summed E-state index contributed by atoms with van der Waals surface area (Å²) >= 11 is 15.4. The molecular weight excluding hydrogens is 313 g/mol. The molecule has 0 aliphatic heterocycles. The van der Waals surface area contributed by atoms with Gasteiger partial charge in [0, 0.05) is 27.8 Å². The molecule has 1 unspecified atom stereocenters. The van der Waals surface area contributed by atoms with Gasteiger partial charge < -0.3 is 0 Å². The van der Waals surface area contributed by atoms with E-state index in [0.29, 0.717) is 0 Å². The summed E-state index contributed by atoms with van der Waals surface area (Å²) in [6.07, 6.45) is 0. The Morgan fingerprint density at radius 2 is 2.06 bits per heavy atom. The van der Waals surface area contributed by atoms with Crippen molar-refractivity contribution in [2.45, 2.75) is 6.61 Å². The topological polar surface area (TPSA) is 89.7 Å². The highest BCUT2D eigenvalue weighted by Gasteiger charge is 2.17. The molecule has 0 bridgehead atoms. The van der Waals surface area contributed by atoms with Gasteiger partial charge in [-0.15, -0.1) is 0 Å². The van der Waals surface area contributed by atoms with Crippen molar-refractivity contribution in [1.29, 1.82) is 0 Å². The molecule has 1 N–H and O–H groups in total. The van der Waals surface area contributed by atoms with Crippen LogP contribution in [0.3, 0.4) is 0 Å². The van der Waals surface area contributed by atoms with E-state index in [-0.39, 0.29) is 21.3 Å². The van der Waals surface area contributed by atoms with Crippen LogP contribution in [0.25, 0.3) is 0 Å². The van der Waals surface area contributed by atoms with Crippen LogP contribution in [0.1, 0.15) is 5.56 Å². The normalized spacial score (nSPS) is 14.3. The van der Waals surface area contributed by atoms with Gasteiger partial charge >= 0.3 is 0 Å². The van der Waals surface area contributed by atoms with E-state index in [1.54, 1.807) is 0 Å². The summed E-state index contributed by atoms with van der Waals surface area (Å²) in [7, 11) is -3.81. The van der Waals surface area contributed by atoms with Gasteiger partial charge in [0.05, 0.1) is 11.5 Å². The zero-order valence-corrected chi connectivity index (χ0v) is 11.1. The standard InChI is InChI=1S/C7H5Cl2NO5S2/c8-5-2-6(9)7(10(11)12)1-4(5)3-15-17(13,14)16/h1-2H,3H2,(H,13,14,16). The van der Waals surface area contributed by atoms with Gasteiger partial charge in [0.1, 0.15) is 5.02 Å². The van der Waals surface area contributed by atoms with Crippen molar-refractivity contribution < 1.29 is 17.9 Å². The van der Waals surface area contributed by atoms with Crippen molar-refractivity contribution in [3.05, 3.63) is 37.9 Å². The molecule has 17 heavy (non-hydrogen) atoms. The fourth-order valence-electron chi connectivity index (χ4n) is 0.969. The molecule has 0 radical (unpaired) electrons. The third kappa shape index (κ3) is 4.34. The van der Waals surface area contributed by atoms with Crippen LogP contribution in [-0.4, -0.2) is 13.7 Å². The van der Waals surface area contributed by atoms with E-state index in [1.807, 2.05) is 0 Å². The Hall–Kier alpha value is -0.510. The highest BCUT2D eigenvalue weighted by molar-refractivity contribution is 8.27. The maximum Gasteiger partial charge on any atom is 0.288 e. The van der Waals surface area contributed by atoms with Crippen molar-refractivity contribution in [2.24, 2.45) is 0 Å². The maximum atomic E-state index is 10.7. The fourth-order valence-corrected chi connectivity index (χ4v) is 1.90. The number of benzene rings is 1. The van der Waals surface area contributed by atoms with Crippen LogP contribution in [0.5, 0.6) is 0 Å². The molecule has 1 atom stereocenters. The molecular formula is C7H5Cl2NO5S2. The zero-order valence-electron chi connectivity index (χ0n) is 7.96. The number of nitro groups is 1. The summed E-state index contributed by atoms with van der Waals surface area (Å²) in [4.78, 5) is 9.89. The molecule has 0 aromatic heterocycles. The molecule has 0 heterocycles. The first-order chi connectivity index (χ1) is 7.70. The van der Waals surface area contributed by atoms with Gasteiger partial charge in [0.15, 0.2) is 0 Å². The summed E-state index contributed by atoms with van der Waals surface area (Å²) in [6.45, 7) is -0.421. The summed E-state index contributed by atoms with van der Waals surface area (Å²) in [5.74, 6) is 0. The predicted octanol–water partition coefficient (Wildman–Crippen LogP) is 2.55. The quantitative estimate of drug-likeness (QED) is 0.678. The molecule has 0 fully saturated rings. The highest BCUT2D eigenvalue weighted by atomic mass is 35.5. The Morgan fingerprint density at radius 1 is 1.47 bits per heavy atom. The first-order valence-corrected chi connectivity index (χ1v) is 7.07.